The van der Waals surface area contributed by atoms with E-state index in [-0.39, 0.29) is 16.7 Å². The largest absolute Gasteiger partial charge is 0.366 e. The Balaban J connectivity index is 2.70. The quantitative estimate of drug-likeness (QED) is 0.762. The number of hydrogen-bond donors (Lipinski definition) is 1. The maximum absolute atomic E-state index is 13.4. The van der Waals surface area contributed by atoms with Gasteiger partial charge in [0.05, 0.1) is 11.1 Å². The third kappa shape index (κ3) is 1.48. The second kappa shape index (κ2) is 3.54. The molecule has 0 saturated carbocycles. The van der Waals surface area contributed by atoms with E-state index in [1.165, 1.54) is 18.5 Å². The maximum atomic E-state index is 13.4. The van der Waals surface area contributed by atoms with E-state index >= 15 is 0 Å². The summed E-state index contributed by atoms with van der Waals surface area (Å²) in [4.78, 5) is 2.65. The minimum Gasteiger partial charge on any atom is -0.366 e. The van der Waals surface area contributed by atoms with Crippen LogP contribution in [-0.2, 0) is 0 Å². The lowest BCUT2D eigenvalue weighted by Crippen LogP contribution is -1.89. The van der Waals surface area contributed by atoms with Crippen molar-refractivity contribution in [2.75, 3.05) is 0 Å². The maximum Gasteiger partial charge on any atom is 0.134 e. The third-order valence-corrected chi connectivity index (χ3v) is 2.10. The average Bonchev–Trinajstić information content (AvgIpc) is 2.65. The monoisotopic (exact) mass is 204 g/mol. The summed E-state index contributed by atoms with van der Waals surface area (Å²) in [6.45, 7) is 0. The van der Waals surface area contributed by atoms with Gasteiger partial charge >= 0.3 is 0 Å². The minimum absolute atomic E-state index is 0.171. The molecule has 1 heterocycles. The van der Waals surface area contributed by atoms with Crippen molar-refractivity contribution < 1.29 is 8.78 Å². The Kier molecular flexibility index (Phi) is 2.22. The van der Waals surface area contributed by atoms with Gasteiger partial charge in [0.2, 0.25) is 0 Å². The fourth-order valence-corrected chi connectivity index (χ4v) is 1.42. The van der Waals surface area contributed by atoms with E-state index in [4.69, 9.17) is 5.26 Å². The van der Waals surface area contributed by atoms with Crippen molar-refractivity contribution in [3.63, 3.8) is 0 Å². The van der Waals surface area contributed by atoms with Gasteiger partial charge in [-0.2, -0.15) is 5.26 Å². The molecule has 2 nitrogen and oxygen atoms in total. The van der Waals surface area contributed by atoms with Gasteiger partial charge in [-0.05, 0) is 12.1 Å². The van der Waals surface area contributed by atoms with Crippen LogP contribution in [0.4, 0.5) is 8.78 Å². The van der Waals surface area contributed by atoms with Crippen LogP contribution in [0.15, 0.2) is 30.6 Å². The second-order valence-electron chi connectivity index (χ2n) is 2.99. The first kappa shape index (κ1) is 9.41. The summed E-state index contributed by atoms with van der Waals surface area (Å²) in [5, 5.41) is 8.74. The van der Waals surface area contributed by atoms with Crippen LogP contribution in [-0.4, -0.2) is 4.98 Å². The topological polar surface area (TPSA) is 39.6 Å². The first-order valence-corrected chi connectivity index (χ1v) is 4.25. The van der Waals surface area contributed by atoms with Gasteiger partial charge in [-0.3, -0.25) is 0 Å². The molecule has 74 valence electrons. The van der Waals surface area contributed by atoms with Crippen molar-refractivity contribution in [3.8, 4) is 17.2 Å². The molecule has 1 aromatic heterocycles. The summed E-state index contributed by atoms with van der Waals surface area (Å²) in [5.41, 5.74) is 0.294. The number of H-pyrrole nitrogens is 1. The van der Waals surface area contributed by atoms with E-state index in [9.17, 15) is 8.78 Å². The second-order valence-corrected chi connectivity index (χ2v) is 2.99. The molecule has 0 bridgehead atoms. The zero-order valence-corrected chi connectivity index (χ0v) is 7.59. The number of halogens is 2. The SMILES string of the molecule is N#Cc1c[nH]cc1-c1c(F)cccc1F. The zero-order valence-electron chi connectivity index (χ0n) is 7.59. The molecule has 0 radical (unpaired) electrons. The van der Waals surface area contributed by atoms with Crippen LogP contribution >= 0.6 is 0 Å². The van der Waals surface area contributed by atoms with Gasteiger partial charge in [0.25, 0.3) is 0 Å². The van der Waals surface area contributed by atoms with E-state index in [0.717, 1.165) is 12.1 Å². The van der Waals surface area contributed by atoms with Crippen molar-refractivity contribution in [2.24, 2.45) is 0 Å². The van der Waals surface area contributed by atoms with Gasteiger partial charge in [0.1, 0.15) is 17.7 Å². The van der Waals surface area contributed by atoms with Gasteiger partial charge in [0.15, 0.2) is 0 Å². The Hall–Kier alpha value is -2.15. The molecule has 0 atom stereocenters. The number of nitriles is 1. The highest BCUT2D eigenvalue weighted by Crippen LogP contribution is 2.28. The Bertz CT molecular complexity index is 518. The molecular formula is C11H6F2N2. The van der Waals surface area contributed by atoms with Crippen LogP contribution in [0, 0.1) is 23.0 Å². The summed E-state index contributed by atoms with van der Waals surface area (Å²) in [6.07, 6.45) is 2.81. The molecule has 1 N–H and O–H groups in total. The molecule has 0 amide bonds. The molecule has 0 aliphatic rings. The van der Waals surface area contributed by atoms with Gasteiger partial charge in [-0.15, -0.1) is 0 Å². The molecule has 15 heavy (non-hydrogen) atoms. The Labute approximate surface area is 84.8 Å². The van der Waals surface area contributed by atoms with Crippen molar-refractivity contribution in [1.29, 1.82) is 5.26 Å². The predicted molar refractivity (Wildman–Crippen MR) is 50.9 cm³/mol. The van der Waals surface area contributed by atoms with E-state index in [0.29, 0.717) is 0 Å². The van der Waals surface area contributed by atoms with Crippen molar-refractivity contribution >= 4 is 0 Å². The number of hydrogen-bond acceptors (Lipinski definition) is 1. The number of aromatic amines is 1. The smallest absolute Gasteiger partial charge is 0.134 e. The van der Waals surface area contributed by atoms with Gasteiger partial charge in [-0.25, -0.2) is 8.78 Å². The summed E-state index contributed by atoms with van der Waals surface area (Å²) in [5.74, 6) is -1.35. The lowest BCUT2D eigenvalue weighted by atomic mass is 10.0. The third-order valence-electron chi connectivity index (χ3n) is 2.10. The van der Waals surface area contributed by atoms with Crippen LogP contribution in [0.5, 0.6) is 0 Å². The summed E-state index contributed by atoms with van der Waals surface area (Å²) in [7, 11) is 0. The summed E-state index contributed by atoms with van der Waals surface area (Å²) in [6, 6.07) is 5.47. The summed E-state index contributed by atoms with van der Waals surface area (Å²) >= 11 is 0. The molecule has 2 aromatic rings. The highest BCUT2D eigenvalue weighted by Gasteiger charge is 2.14. The van der Waals surface area contributed by atoms with Crippen LogP contribution in [0.25, 0.3) is 11.1 Å². The molecule has 4 heteroatoms. The molecule has 0 spiro atoms. The van der Waals surface area contributed by atoms with E-state index in [1.807, 2.05) is 6.07 Å². The minimum atomic E-state index is -0.675. The standard InChI is InChI=1S/C11H6F2N2/c12-9-2-1-3-10(13)11(9)8-6-15-5-7(8)4-14/h1-3,5-6,15H. The number of nitrogens with one attached hydrogen (secondary N) is 1. The van der Waals surface area contributed by atoms with Crippen molar-refractivity contribution in [1.82, 2.24) is 4.98 Å². The molecular weight excluding hydrogens is 198 g/mol. The van der Waals surface area contributed by atoms with Crippen LogP contribution in [0.2, 0.25) is 0 Å². The molecule has 1 aromatic carbocycles. The first-order chi connectivity index (χ1) is 7.24. The van der Waals surface area contributed by atoms with Crippen LogP contribution < -0.4 is 0 Å². The Morgan fingerprint density at radius 3 is 2.40 bits per heavy atom. The van der Waals surface area contributed by atoms with Gasteiger partial charge < -0.3 is 4.98 Å². The lowest BCUT2D eigenvalue weighted by Gasteiger charge is -2.02. The van der Waals surface area contributed by atoms with E-state index in [1.54, 1.807) is 0 Å². The van der Waals surface area contributed by atoms with Crippen LogP contribution in [0.3, 0.4) is 0 Å². The highest BCUT2D eigenvalue weighted by atomic mass is 19.1. The van der Waals surface area contributed by atoms with E-state index in [2.05, 4.69) is 4.98 Å². The van der Waals surface area contributed by atoms with Crippen molar-refractivity contribution in [2.45, 2.75) is 0 Å². The van der Waals surface area contributed by atoms with E-state index < -0.39 is 11.6 Å². The zero-order chi connectivity index (χ0) is 10.8. The predicted octanol–water partition coefficient (Wildman–Crippen LogP) is 2.83. The number of aromatic nitrogens is 1. The van der Waals surface area contributed by atoms with Gasteiger partial charge in [-0.1, -0.05) is 6.07 Å². The van der Waals surface area contributed by atoms with Crippen molar-refractivity contribution in [3.05, 3.63) is 47.8 Å². The summed E-state index contributed by atoms with van der Waals surface area (Å²) < 4.78 is 26.7. The fraction of sp³-hybridized carbons (Fsp3) is 0. The molecule has 2 rings (SSSR count). The number of nitrogens with zero attached hydrogens (tertiary/aromatic N) is 1. The molecule has 0 fully saturated rings. The number of rotatable bonds is 1. The number of benzene rings is 1. The normalized spacial score (nSPS) is 9.93. The Morgan fingerprint density at radius 1 is 1.13 bits per heavy atom. The lowest BCUT2D eigenvalue weighted by molar-refractivity contribution is 0.589. The molecule has 0 saturated heterocycles. The molecule has 0 unspecified atom stereocenters. The molecule has 0 aliphatic heterocycles. The Morgan fingerprint density at radius 2 is 1.80 bits per heavy atom. The molecule has 0 aliphatic carbocycles. The average molecular weight is 204 g/mol. The van der Waals surface area contributed by atoms with Crippen LogP contribution in [0.1, 0.15) is 5.56 Å². The first-order valence-electron chi connectivity index (χ1n) is 4.25. The fourth-order valence-electron chi connectivity index (χ4n) is 1.42. The van der Waals surface area contributed by atoms with Gasteiger partial charge in [0, 0.05) is 18.0 Å². The highest BCUT2D eigenvalue weighted by molar-refractivity contribution is 5.70.